The summed E-state index contributed by atoms with van der Waals surface area (Å²) in [6.07, 6.45) is 8.65. The van der Waals surface area contributed by atoms with Crippen molar-refractivity contribution in [1.82, 2.24) is 4.98 Å². The summed E-state index contributed by atoms with van der Waals surface area (Å²) in [6, 6.07) is 0. The Morgan fingerprint density at radius 2 is 1.88 bits per heavy atom. The zero-order valence-electron chi connectivity index (χ0n) is 10.2. The molecule has 0 amide bonds. The van der Waals surface area contributed by atoms with E-state index in [1.165, 1.54) is 47.0 Å². The number of thiazole rings is 1. The summed E-state index contributed by atoms with van der Waals surface area (Å²) in [7, 11) is 0. The summed E-state index contributed by atoms with van der Waals surface area (Å²) in [5.74, 6) is 2.39. The molecule has 1 aromatic rings. The fraction of sp³-hybridized carbons (Fsp3) is 0.769. The highest BCUT2D eigenvalue weighted by Crippen LogP contribution is 2.39. The van der Waals surface area contributed by atoms with Crippen LogP contribution in [0.3, 0.4) is 0 Å². The highest BCUT2D eigenvalue weighted by Gasteiger charge is 2.32. The molecule has 2 N–H and O–H groups in total. The minimum atomic E-state index is -0.108. The van der Waals surface area contributed by atoms with E-state index < -0.39 is 0 Å². The van der Waals surface area contributed by atoms with Crippen molar-refractivity contribution >= 4 is 23.1 Å². The number of hydrogen-bond donors (Lipinski definition) is 1. The van der Waals surface area contributed by atoms with Gasteiger partial charge in [0.25, 0.3) is 0 Å². The molecule has 1 saturated carbocycles. The number of thioether (sulfide) groups is 1. The summed E-state index contributed by atoms with van der Waals surface area (Å²) in [6.45, 7) is 0. The van der Waals surface area contributed by atoms with Crippen LogP contribution >= 0.6 is 23.1 Å². The second-order valence-electron chi connectivity index (χ2n) is 5.26. The van der Waals surface area contributed by atoms with Crippen LogP contribution in [-0.2, 0) is 17.7 Å². The molecule has 2 aliphatic rings. The lowest BCUT2D eigenvalue weighted by atomic mass is 9.92. The van der Waals surface area contributed by atoms with E-state index in [2.05, 4.69) is 0 Å². The van der Waals surface area contributed by atoms with Gasteiger partial charge in [0.15, 0.2) is 0 Å². The molecule has 0 spiro atoms. The second-order valence-corrected chi connectivity index (χ2v) is 7.45. The van der Waals surface area contributed by atoms with Crippen molar-refractivity contribution in [3.63, 3.8) is 0 Å². The third-order valence-corrected chi connectivity index (χ3v) is 6.40. The first-order valence-electron chi connectivity index (χ1n) is 6.64. The Labute approximate surface area is 111 Å². The van der Waals surface area contributed by atoms with Gasteiger partial charge < -0.3 is 5.73 Å². The monoisotopic (exact) mass is 268 g/mol. The van der Waals surface area contributed by atoms with Gasteiger partial charge in [-0.1, -0.05) is 25.7 Å². The van der Waals surface area contributed by atoms with Crippen molar-refractivity contribution in [3.8, 4) is 0 Å². The molecule has 1 fully saturated rings. The fourth-order valence-electron chi connectivity index (χ4n) is 2.81. The van der Waals surface area contributed by atoms with Gasteiger partial charge in [-0.15, -0.1) is 11.3 Å². The topological polar surface area (TPSA) is 38.9 Å². The van der Waals surface area contributed by atoms with Gasteiger partial charge in [-0.05, 0) is 25.0 Å². The van der Waals surface area contributed by atoms with E-state index >= 15 is 0 Å². The van der Waals surface area contributed by atoms with Crippen molar-refractivity contribution in [2.45, 2.75) is 56.2 Å². The van der Waals surface area contributed by atoms with Crippen molar-refractivity contribution in [2.24, 2.45) is 5.73 Å². The molecule has 2 nitrogen and oxygen atoms in total. The summed E-state index contributed by atoms with van der Waals surface area (Å²) in [5, 5.41) is 1.23. The van der Waals surface area contributed by atoms with Gasteiger partial charge in [0.2, 0.25) is 0 Å². The summed E-state index contributed by atoms with van der Waals surface area (Å²) in [4.78, 5) is 6.36. The van der Waals surface area contributed by atoms with Gasteiger partial charge in [0.1, 0.15) is 5.01 Å². The Morgan fingerprint density at radius 1 is 1.12 bits per heavy atom. The Hall–Kier alpha value is -0.0600. The molecule has 0 bridgehead atoms. The van der Waals surface area contributed by atoms with Crippen molar-refractivity contribution < 1.29 is 0 Å². The fourth-order valence-corrected chi connectivity index (χ4v) is 5.19. The Bertz CT molecular complexity index is 369. The Kier molecular flexibility index (Phi) is 3.46. The van der Waals surface area contributed by atoms with Gasteiger partial charge in [-0.25, -0.2) is 4.98 Å². The van der Waals surface area contributed by atoms with Crippen LogP contribution in [0.15, 0.2) is 0 Å². The maximum Gasteiger partial charge on any atom is 0.113 e. The zero-order valence-corrected chi connectivity index (χ0v) is 11.8. The lowest BCUT2D eigenvalue weighted by molar-refractivity contribution is 0.383. The minimum Gasteiger partial charge on any atom is -0.319 e. The predicted octanol–water partition coefficient (Wildman–Crippen LogP) is 3.44. The van der Waals surface area contributed by atoms with Gasteiger partial charge in [-0.3, -0.25) is 0 Å². The zero-order chi connectivity index (χ0) is 11.7. The average molecular weight is 268 g/mol. The molecule has 0 radical (unpaired) electrons. The van der Waals surface area contributed by atoms with E-state index in [4.69, 9.17) is 10.7 Å². The van der Waals surface area contributed by atoms with Crippen molar-refractivity contribution in [1.29, 1.82) is 0 Å². The van der Waals surface area contributed by atoms with Crippen LogP contribution in [0.1, 0.15) is 54.1 Å². The van der Waals surface area contributed by atoms with Crippen LogP contribution in [0.5, 0.6) is 0 Å². The highest BCUT2D eigenvalue weighted by atomic mass is 32.2. The number of nitrogens with two attached hydrogens (primary N) is 1. The largest absolute Gasteiger partial charge is 0.319 e. The lowest BCUT2D eigenvalue weighted by Crippen LogP contribution is -2.35. The first-order valence-corrected chi connectivity index (χ1v) is 8.61. The van der Waals surface area contributed by atoms with Crippen LogP contribution in [0.4, 0.5) is 0 Å². The average Bonchev–Trinajstić information content (AvgIpc) is 2.66. The quantitative estimate of drug-likeness (QED) is 0.793. The van der Waals surface area contributed by atoms with Crippen molar-refractivity contribution in [2.75, 3.05) is 5.75 Å². The van der Waals surface area contributed by atoms with Crippen LogP contribution < -0.4 is 5.73 Å². The molecule has 17 heavy (non-hydrogen) atoms. The Balaban J connectivity index is 1.88. The standard InChI is InChI=1S/C13H20N2S2/c14-13(6-3-1-2-4-7-13)12-15-10-5-8-16-9-11(10)17-12/h1-9,14H2. The number of aromatic nitrogens is 1. The predicted molar refractivity (Wildman–Crippen MR) is 75.5 cm³/mol. The molecule has 94 valence electrons. The third-order valence-electron chi connectivity index (χ3n) is 3.92. The van der Waals surface area contributed by atoms with Crippen LogP contribution in [0, 0.1) is 0 Å². The number of aryl methyl sites for hydroxylation is 1. The maximum atomic E-state index is 6.63. The molecule has 4 heteroatoms. The van der Waals surface area contributed by atoms with Gasteiger partial charge >= 0.3 is 0 Å². The van der Waals surface area contributed by atoms with E-state index in [0.29, 0.717) is 0 Å². The SMILES string of the molecule is NC1(c2nc3c(s2)CSCC3)CCCCCC1. The van der Waals surface area contributed by atoms with E-state index in [1.807, 2.05) is 23.1 Å². The number of nitrogens with zero attached hydrogens (tertiary/aromatic N) is 1. The maximum absolute atomic E-state index is 6.63. The molecule has 0 atom stereocenters. The number of hydrogen-bond acceptors (Lipinski definition) is 4. The molecule has 1 aliphatic carbocycles. The molecule has 0 aromatic carbocycles. The lowest BCUT2D eigenvalue weighted by Gasteiger charge is -2.25. The summed E-state index contributed by atoms with van der Waals surface area (Å²) < 4.78 is 0. The second kappa shape index (κ2) is 4.90. The van der Waals surface area contributed by atoms with Crippen LogP contribution in [-0.4, -0.2) is 10.7 Å². The van der Waals surface area contributed by atoms with Crippen LogP contribution in [0.2, 0.25) is 0 Å². The van der Waals surface area contributed by atoms with E-state index in [9.17, 15) is 0 Å². The van der Waals surface area contributed by atoms with Crippen molar-refractivity contribution in [3.05, 3.63) is 15.6 Å². The smallest absolute Gasteiger partial charge is 0.113 e. The normalized spacial score (nSPS) is 24.1. The first kappa shape index (κ1) is 12.0. The van der Waals surface area contributed by atoms with Gasteiger partial charge in [0, 0.05) is 10.6 Å². The molecule has 3 rings (SSSR count). The van der Waals surface area contributed by atoms with Crippen LogP contribution in [0.25, 0.3) is 0 Å². The molecule has 1 aromatic heterocycles. The highest BCUT2D eigenvalue weighted by molar-refractivity contribution is 7.98. The minimum absolute atomic E-state index is 0.108. The van der Waals surface area contributed by atoms with Gasteiger partial charge in [0.05, 0.1) is 11.2 Å². The molecule has 1 aliphatic heterocycles. The number of fused-ring (bicyclic) bond motifs is 1. The summed E-state index contributed by atoms with van der Waals surface area (Å²) >= 11 is 3.92. The summed E-state index contributed by atoms with van der Waals surface area (Å²) in [5.41, 5.74) is 7.87. The van der Waals surface area contributed by atoms with Gasteiger partial charge in [-0.2, -0.15) is 11.8 Å². The molecule has 0 saturated heterocycles. The van der Waals surface area contributed by atoms with E-state index in [-0.39, 0.29) is 5.54 Å². The molecule has 2 heterocycles. The van der Waals surface area contributed by atoms with E-state index in [1.54, 1.807) is 0 Å². The Morgan fingerprint density at radius 3 is 2.59 bits per heavy atom. The number of rotatable bonds is 1. The third kappa shape index (κ3) is 2.40. The molecular formula is C13H20N2S2. The molecular weight excluding hydrogens is 248 g/mol. The van der Waals surface area contributed by atoms with E-state index in [0.717, 1.165) is 25.0 Å². The first-order chi connectivity index (χ1) is 8.28. The molecule has 0 unspecified atom stereocenters.